The largest absolute Gasteiger partial charge is 0.398 e. The van der Waals surface area contributed by atoms with E-state index in [4.69, 9.17) is 5.73 Å². The zero-order chi connectivity index (χ0) is 14.8. The van der Waals surface area contributed by atoms with Gasteiger partial charge in [0, 0.05) is 6.54 Å². The molecule has 1 aliphatic rings. The van der Waals surface area contributed by atoms with E-state index in [9.17, 15) is 17.9 Å². The Hall–Kier alpha value is -1.18. The lowest BCUT2D eigenvalue weighted by molar-refractivity contribution is 0.00945. The molecule has 0 atom stereocenters. The van der Waals surface area contributed by atoms with E-state index in [1.807, 2.05) is 0 Å². The Kier molecular flexibility index (Phi) is 4.31. The van der Waals surface area contributed by atoms with Crippen molar-refractivity contribution < 1.29 is 17.9 Å². The maximum absolute atomic E-state index is 12.9. The van der Waals surface area contributed by atoms with Crippen molar-refractivity contribution in [1.29, 1.82) is 0 Å². The molecule has 0 heterocycles. The standard InChI is InChI=1S/C13H19FN2O3S/c14-10-4-5-12(11(15)8-10)20(18,19)16-9-13(17)6-2-1-3-7-13/h4-5,8,16-17H,1-3,6-7,9,15H2. The first kappa shape index (κ1) is 15.2. The van der Waals surface area contributed by atoms with Gasteiger partial charge in [-0.25, -0.2) is 17.5 Å². The van der Waals surface area contributed by atoms with Crippen molar-refractivity contribution >= 4 is 15.7 Å². The lowest BCUT2D eigenvalue weighted by atomic mass is 9.85. The molecule has 0 spiro atoms. The molecule has 0 amide bonds. The molecule has 0 aromatic heterocycles. The second-order valence-electron chi connectivity index (χ2n) is 5.29. The second-order valence-corrected chi connectivity index (χ2v) is 7.03. The van der Waals surface area contributed by atoms with Crippen LogP contribution in [0.3, 0.4) is 0 Å². The Labute approximate surface area is 118 Å². The van der Waals surface area contributed by atoms with Crippen LogP contribution in [0.2, 0.25) is 0 Å². The quantitative estimate of drug-likeness (QED) is 0.733. The van der Waals surface area contributed by atoms with Gasteiger partial charge in [0.15, 0.2) is 0 Å². The van der Waals surface area contributed by atoms with Crippen LogP contribution in [-0.4, -0.2) is 25.7 Å². The molecular weight excluding hydrogens is 283 g/mol. The first-order valence-corrected chi connectivity index (χ1v) is 8.08. The molecule has 0 aliphatic heterocycles. The molecule has 0 unspecified atom stereocenters. The lowest BCUT2D eigenvalue weighted by Gasteiger charge is -2.32. The molecule has 20 heavy (non-hydrogen) atoms. The lowest BCUT2D eigenvalue weighted by Crippen LogP contribution is -2.44. The highest BCUT2D eigenvalue weighted by Crippen LogP contribution is 2.28. The summed E-state index contributed by atoms with van der Waals surface area (Å²) in [5, 5.41) is 10.3. The van der Waals surface area contributed by atoms with Crippen LogP contribution in [-0.2, 0) is 10.0 Å². The molecule has 1 aromatic carbocycles. The van der Waals surface area contributed by atoms with Crippen LogP contribution in [0.1, 0.15) is 32.1 Å². The summed E-state index contributed by atoms with van der Waals surface area (Å²) in [6, 6.07) is 3.13. The SMILES string of the molecule is Nc1cc(F)ccc1S(=O)(=O)NCC1(O)CCCCC1. The predicted octanol–water partition coefficient (Wildman–Crippen LogP) is 1.38. The minimum Gasteiger partial charge on any atom is -0.398 e. The van der Waals surface area contributed by atoms with Crippen molar-refractivity contribution in [3.63, 3.8) is 0 Å². The van der Waals surface area contributed by atoms with Gasteiger partial charge in [0.25, 0.3) is 0 Å². The highest BCUT2D eigenvalue weighted by Gasteiger charge is 2.31. The highest BCUT2D eigenvalue weighted by molar-refractivity contribution is 7.89. The number of hydrogen-bond donors (Lipinski definition) is 3. The van der Waals surface area contributed by atoms with E-state index in [0.29, 0.717) is 12.8 Å². The monoisotopic (exact) mass is 302 g/mol. The molecule has 1 aliphatic carbocycles. The number of hydrogen-bond acceptors (Lipinski definition) is 4. The highest BCUT2D eigenvalue weighted by atomic mass is 32.2. The number of aliphatic hydroxyl groups is 1. The fourth-order valence-corrected chi connectivity index (χ4v) is 3.69. The third kappa shape index (κ3) is 3.47. The molecule has 1 fully saturated rings. The first-order chi connectivity index (χ1) is 9.32. The van der Waals surface area contributed by atoms with Gasteiger partial charge in [0.05, 0.1) is 11.3 Å². The van der Waals surface area contributed by atoms with Crippen molar-refractivity contribution in [1.82, 2.24) is 4.72 Å². The summed E-state index contributed by atoms with van der Waals surface area (Å²) in [4.78, 5) is -0.168. The van der Waals surface area contributed by atoms with Crippen molar-refractivity contribution in [3.05, 3.63) is 24.0 Å². The van der Waals surface area contributed by atoms with Gasteiger partial charge >= 0.3 is 0 Å². The van der Waals surface area contributed by atoms with Gasteiger partial charge in [-0.2, -0.15) is 0 Å². The fourth-order valence-electron chi connectivity index (χ4n) is 2.46. The van der Waals surface area contributed by atoms with Crippen LogP contribution >= 0.6 is 0 Å². The second kappa shape index (κ2) is 5.67. The minimum absolute atomic E-state index is 0.0495. The number of benzene rings is 1. The van der Waals surface area contributed by atoms with Crippen molar-refractivity contribution in [2.45, 2.75) is 42.6 Å². The van der Waals surface area contributed by atoms with Gasteiger partial charge < -0.3 is 10.8 Å². The first-order valence-electron chi connectivity index (χ1n) is 6.60. The Bertz CT molecular complexity index is 583. The summed E-state index contributed by atoms with van der Waals surface area (Å²) in [7, 11) is -3.85. The molecule has 5 nitrogen and oxygen atoms in total. The zero-order valence-corrected chi connectivity index (χ0v) is 11.9. The van der Waals surface area contributed by atoms with Crippen molar-refractivity contribution in [2.75, 3.05) is 12.3 Å². The third-order valence-corrected chi connectivity index (χ3v) is 5.11. The average molecular weight is 302 g/mol. The van der Waals surface area contributed by atoms with E-state index >= 15 is 0 Å². The molecule has 7 heteroatoms. The Morgan fingerprint density at radius 3 is 2.55 bits per heavy atom. The molecule has 1 aromatic rings. The minimum atomic E-state index is -3.85. The van der Waals surface area contributed by atoms with Crippen LogP contribution in [0.5, 0.6) is 0 Å². The number of halogens is 1. The number of nitrogens with one attached hydrogen (secondary N) is 1. The van der Waals surface area contributed by atoms with Gasteiger partial charge in [-0.05, 0) is 31.0 Å². The molecule has 112 valence electrons. The van der Waals surface area contributed by atoms with Gasteiger partial charge in [0.2, 0.25) is 10.0 Å². The molecular formula is C13H19FN2O3S. The molecule has 2 rings (SSSR count). The zero-order valence-electron chi connectivity index (χ0n) is 11.1. The predicted molar refractivity (Wildman–Crippen MR) is 74.0 cm³/mol. The van der Waals surface area contributed by atoms with Crippen LogP contribution in [0.25, 0.3) is 0 Å². The summed E-state index contributed by atoms with van der Waals surface area (Å²) in [6.07, 6.45) is 3.98. The van der Waals surface area contributed by atoms with E-state index in [1.165, 1.54) is 0 Å². The van der Waals surface area contributed by atoms with E-state index < -0.39 is 21.4 Å². The van der Waals surface area contributed by atoms with Crippen LogP contribution in [0.15, 0.2) is 23.1 Å². The summed E-state index contributed by atoms with van der Waals surface area (Å²) in [5.74, 6) is -0.590. The normalized spacial score (nSPS) is 18.9. The smallest absolute Gasteiger partial charge is 0.242 e. The average Bonchev–Trinajstić information content (AvgIpc) is 2.37. The summed E-state index contributed by atoms with van der Waals surface area (Å²) in [5.41, 5.74) is 4.38. The number of anilines is 1. The van der Waals surface area contributed by atoms with Crippen LogP contribution in [0, 0.1) is 5.82 Å². The Morgan fingerprint density at radius 1 is 1.30 bits per heavy atom. The Morgan fingerprint density at radius 2 is 1.95 bits per heavy atom. The van der Waals surface area contributed by atoms with Gasteiger partial charge in [-0.3, -0.25) is 0 Å². The maximum atomic E-state index is 12.9. The van der Waals surface area contributed by atoms with E-state index in [2.05, 4.69) is 4.72 Å². The summed E-state index contributed by atoms with van der Waals surface area (Å²) >= 11 is 0. The molecule has 0 radical (unpaired) electrons. The van der Waals surface area contributed by atoms with Crippen LogP contribution in [0.4, 0.5) is 10.1 Å². The molecule has 1 saturated carbocycles. The molecule has 0 saturated heterocycles. The van der Waals surface area contributed by atoms with E-state index in [1.54, 1.807) is 0 Å². The van der Waals surface area contributed by atoms with Gasteiger partial charge in [-0.15, -0.1) is 0 Å². The van der Waals surface area contributed by atoms with E-state index in [0.717, 1.165) is 37.5 Å². The molecule has 4 N–H and O–H groups in total. The topological polar surface area (TPSA) is 92.4 Å². The van der Waals surface area contributed by atoms with Crippen molar-refractivity contribution in [3.8, 4) is 0 Å². The number of sulfonamides is 1. The summed E-state index contributed by atoms with van der Waals surface area (Å²) < 4.78 is 39.6. The fraction of sp³-hybridized carbons (Fsp3) is 0.538. The van der Waals surface area contributed by atoms with Crippen LogP contribution < -0.4 is 10.5 Å². The van der Waals surface area contributed by atoms with E-state index in [-0.39, 0.29) is 17.1 Å². The maximum Gasteiger partial charge on any atom is 0.242 e. The molecule has 0 bridgehead atoms. The summed E-state index contributed by atoms with van der Waals surface area (Å²) in [6.45, 7) is -0.0495. The number of nitrogens with two attached hydrogens (primary N) is 1. The van der Waals surface area contributed by atoms with Gasteiger partial charge in [-0.1, -0.05) is 19.3 Å². The third-order valence-electron chi connectivity index (χ3n) is 3.64. The van der Waals surface area contributed by atoms with Gasteiger partial charge in [0.1, 0.15) is 10.7 Å². The number of nitrogen functional groups attached to an aromatic ring is 1. The van der Waals surface area contributed by atoms with Crippen molar-refractivity contribution in [2.24, 2.45) is 0 Å². The number of rotatable bonds is 4. The Balaban J connectivity index is 2.11.